The van der Waals surface area contributed by atoms with Gasteiger partial charge in [0.1, 0.15) is 6.33 Å². The van der Waals surface area contributed by atoms with Crippen LogP contribution < -0.4 is 5.32 Å². The van der Waals surface area contributed by atoms with E-state index in [0.29, 0.717) is 16.6 Å². The van der Waals surface area contributed by atoms with E-state index in [9.17, 15) is 14.9 Å². The number of carbonyl (C=O) groups excluding carboxylic acids is 1. The summed E-state index contributed by atoms with van der Waals surface area (Å²) in [6.07, 6.45) is 1.52. The molecule has 2 aromatic carbocycles. The van der Waals surface area contributed by atoms with Crippen LogP contribution in [0.25, 0.3) is 0 Å². The lowest BCUT2D eigenvalue weighted by atomic mass is 10.1. The summed E-state index contributed by atoms with van der Waals surface area (Å²) in [5, 5.41) is 22.5. The molecule has 0 radical (unpaired) electrons. The van der Waals surface area contributed by atoms with E-state index in [0.717, 1.165) is 28.5 Å². The first kappa shape index (κ1) is 19.6. The molecule has 3 rings (SSSR count). The molecule has 144 valence electrons. The molecule has 0 aliphatic heterocycles. The fourth-order valence-corrected chi connectivity index (χ4v) is 3.52. The summed E-state index contributed by atoms with van der Waals surface area (Å²) in [7, 11) is 1.75. The lowest BCUT2D eigenvalue weighted by Gasteiger charge is -2.10. The molecule has 0 aliphatic carbocycles. The number of aromatic nitrogens is 3. The Kier molecular flexibility index (Phi) is 5.74. The summed E-state index contributed by atoms with van der Waals surface area (Å²) in [4.78, 5) is 23.9. The van der Waals surface area contributed by atoms with Gasteiger partial charge >= 0.3 is 0 Å². The number of amides is 1. The second kappa shape index (κ2) is 8.22. The smallest absolute Gasteiger partial charge is 0.284 e. The van der Waals surface area contributed by atoms with E-state index in [1.165, 1.54) is 12.4 Å². The average molecular weight is 397 g/mol. The molecule has 8 nitrogen and oxygen atoms in total. The maximum absolute atomic E-state index is 12.5. The summed E-state index contributed by atoms with van der Waals surface area (Å²) in [6.45, 7) is 4.35. The summed E-state index contributed by atoms with van der Waals surface area (Å²) in [5.74, 6) is -0.363. The molecule has 0 bridgehead atoms. The third kappa shape index (κ3) is 4.37. The molecule has 0 saturated heterocycles. The van der Waals surface area contributed by atoms with Crippen molar-refractivity contribution < 1.29 is 9.72 Å². The molecule has 1 amide bonds. The van der Waals surface area contributed by atoms with Gasteiger partial charge in [0.25, 0.3) is 11.6 Å². The van der Waals surface area contributed by atoms with Crippen molar-refractivity contribution in [1.29, 1.82) is 0 Å². The van der Waals surface area contributed by atoms with Crippen LogP contribution in [0.5, 0.6) is 0 Å². The van der Waals surface area contributed by atoms with Crippen molar-refractivity contribution in [3.63, 3.8) is 0 Å². The topological polar surface area (TPSA) is 103 Å². The summed E-state index contributed by atoms with van der Waals surface area (Å²) in [6, 6.07) is 10.4. The van der Waals surface area contributed by atoms with Gasteiger partial charge in [-0.3, -0.25) is 14.9 Å². The number of hydrogen-bond donors (Lipinski definition) is 1. The molecule has 3 aromatic rings. The zero-order valence-corrected chi connectivity index (χ0v) is 16.5. The number of aryl methyl sites for hydroxylation is 3. The molecule has 0 fully saturated rings. The fourth-order valence-electron chi connectivity index (χ4n) is 2.67. The van der Waals surface area contributed by atoms with Crippen LogP contribution in [0.4, 0.5) is 5.69 Å². The molecule has 28 heavy (non-hydrogen) atoms. The van der Waals surface area contributed by atoms with Gasteiger partial charge in [-0.1, -0.05) is 23.8 Å². The zero-order chi connectivity index (χ0) is 20.3. The number of nitrogens with one attached hydrogen (secondary N) is 1. The lowest BCUT2D eigenvalue weighted by molar-refractivity contribution is -0.387. The van der Waals surface area contributed by atoms with Crippen molar-refractivity contribution in [2.45, 2.75) is 30.4 Å². The third-order valence-electron chi connectivity index (χ3n) is 4.23. The van der Waals surface area contributed by atoms with Crippen LogP contribution in [0.15, 0.2) is 52.8 Å². The van der Waals surface area contributed by atoms with E-state index >= 15 is 0 Å². The van der Waals surface area contributed by atoms with Crippen LogP contribution in [-0.2, 0) is 13.6 Å². The minimum absolute atomic E-state index is 0.146. The van der Waals surface area contributed by atoms with Crippen LogP contribution in [0.3, 0.4) is 0 Å². The van der Waals surface area contributed by atoms with Gasteiger partial charge < -0.3 is 9.88 Å². The molecule has 0 unspecified atom stereocenters. The lowest BCUT2D eigenvalue weighted by Crippen LogP contribution is -2.23. The molecule has 0 atom stereocenters. The molecule has 0 saturated carbocycles. The molecular weight excluding hydrogens is 378 g/mol. The molecule has 1 aromatic heterocycles. The Hall–Kier alpha value is -3.20. The SMILES string of the molecule is Cc1ccc(CNC(=O)c2ccc(Sc3nncn3C)c([N+](=O)[O-])c2)c(C)c1. The highest BCUT2D eigenvalue weighted by atomic mass is 32.2. The van der Waals surface area contributed by atoms with Crippen molar-refractivity contribution >= 4 is 23.4 Å². The van der Waals surface area contributed by atoms with Gasteiger partial charge in [0.15, 0.2) is 5.16 Å². The van der Waals surface area contributed by atoms with Gasteiger partial charge in [-0.05, 0) is 48.9 Å². The van der Waals surface area contributed by atoms with Crippen molar-refractivity contribution in [1.82, 2.24) is 20.1 Å². The molecule has 0 spiro atoms. The molecular formula is C19H19N5O3S. The van der Waals surface area contributed by atoms with Crippen LogP contribution in [0.2, 0.25) is 0 Å². The molecule has 1 heterocycles. The van der Waals surface area contributed by atoms with Gasteiger partial charge in [-0.15, -0.1) is 10.2 Å². The first-order valence-electron chi connectivity index (χ1n) is 8.50. The van der Waals surface area contributed by atoms with Crippen molar-refractivity contribution in [2.24, 2.45) is 7.05 Å². The number of benzene rings is 2. The van der Waals surface area contributed by atoms with Gasteiger partial charge in [-0.25, -0.2) is 0 Å². The van der Waals surface area contributed by atoms with Crippen molar-refractivity contribution in [3.05, 3.63) is 75.1 Å². The van der Waals surface area contributed by atoms with E-state index in [4.69, 9.17) is 0 Å². The highest BCUT2D eigenvalue weighted by molar-refractivity contribution is 7.99. The predicted octanol–water partition coefficient (Wildman–Crippen LogP) is 3.42. The number of nitrogens with zero attached hydrogens (tertiary/aromatic N) is 4. The van der Waals surface area contributed by atoms with E-state index < -0.39 is 4.92 Å². The van der Waals surface area contributed by atoms with Gasteiger partial charge in [0.2, 0.25) is 0 Å². The highest BCUT2D eigenvalue weighted by Gasteiger charge is 2.20. The van der Waals surface area contributed by atoms with Crippen LogP contribution in [-0.4, -0.2) is 25.6 Å². The van der Waals surface area contributed by atoms with Gasteiger partial charge in [0.05, 0.1) is 9.82 Å². The average Bonchev–Trinajstić information content (AvgIpc) is 3.05. The van der Waals surface area contributed by atoms with Crippen molar-refractivity contribution in [3.8, 4) is 0 Å². The molecule has 0 aliphatic rings. The fraction of sp³-hybridized carbons (Fsp3) is 0.211. The summed E-state index contributed by atoms with van der Waals surface area (Å²) >= 11 is 1.13. The Morgan fingerprint density at radius 2 is 2.04 bits per heavy atom. The van der Waals surface area contributed by atoms with E-state index in [-0.39, 0.29) is 17.2 Å². The number of rotatable bonds is 6. The Morgan fingerprint density at radius 1 is 1.25 bits per heavy atom. The quantitative estimate of drug-likeness (QED) is 0.505. The number of hydrogen-bond acceptors (Lipinski definition) is 6. The van der Waals surface area contributed by atoms with E-state index in [2.05, 4.69) is 15.5 Å². The number of nitro groups is 1. The Balaban J connectivity index is 1.78. The Labute approximate surface area is 166 Å². The van der Waals surface area contributed by atoms with E-state index in [1.54, 1.807) is 23.7 Å². The largest absolute Gasteiger partial charge is 0.348 e. The number of nitro benzene ring substituents is 1. The minimum Gasteiger partial charge on any atom is -0.348 e. The van der Waals surface area contributed by atoms with Crippen molar-refractivity contribution in [2.75, 3.05) is 0 Å². The normalized spacial score (nSPS) is 10.7. The number of carbonyl (C=O) groups is 1. The predicted molar refractivity (Wildman–Crippen MR) is 105 cm³/mol. The first-order chi connectivity index (χ1) is 13.3. The highest BCUT2D eigenvalue weighted by Crippen LogP contribution is 2.34. The second-order valence-electron chi connectivity index (χ2n) is 6.38. The Morgan fingerprint density at radius 3 is 2.68 bits per heavy atom. The monoisotopic (exact) mass is 397 g/mol. The first-order valence-corrected chi connectivity index (χ1v) is 9.31. The molecule has 9 heteroatoms. The maximum atomic E-state index is 12.5. The maximum Gasteiger partial charge on any atom is 0.284 e. The van der Waals surface area contributed by atoms with Crippen LogP contribution in [0.1, 0.15) is 27.0 Å². The Bertz CT molecular complexity index is 1050. The summed E-state index contributed by atoms with van der Waals surface area (Å²) in [5.41, 5.74) is 3.33. The van der Waals surface area contributed by atoms with Crippen LogP contribution >= 0.6 is 11.8 Å². The minimum atomic E-state index is -0.500. The van der Waals surface area contributed by atoms with Crippen LogP contribution in [0, 0.1) is 24.0 Å². The van der Waals surface area contributed by atoms with Gasteiger partial charge in [0, 0.05) is 25.2 Å². The zero-order valence-electron chi connectivity index (χ0n) is 15.7. The third-order valence-corrected chi connectivity index (χ3v) is 5.34. The van der Waals surface area contributed by atoms with E-state index in [1.807, 2.05) is 32.0 Å². The van der Waals surface area contributed by atoms with Gasteiger partial charge in [-0.2, -0.15) is 0 Å². The summed E-state index contributed by atoms with van der Waals surface area (Å²) < 4.78 is 1.67. The standard InChI is InChI=1S/C19H19N5O3S/c1-12-4-5-15(13(2)8-12)10-20-18(25)14-6-7-17(16(9-14)24(26)27)28-19-22-21-11-23(19)3/h4-9,11H,10H2,1-3H3,(H,20,25). The second-order valence-corrected chi connectivity index (χ2v) is 7.39. The molecule has 1 N–H and O–H groups in total.